The predicted molar refractivity (Wildman–Crippen MR) is 71.3 cm³/mol. The molecule has 1 unspecified atom stereocenters. The largest absolute Gasteiger partial charge is 0.539 e. The molecule has 1 aliphatic rings. The smallest absolute Gasteiger partial charge is 0.251 e. The number of carbonyl (C=O) groups excluding carboxylic acids is 2. The molecule has 0 aliphatic carbocycles. The summed E-state index contributed by atoms with van der Waals surface area (Å²) >= 11 is 0. The fourth-order valence-corrected chi connectivity index (χ4v) is 2.39. The number of aryl methyl sites for hydroxylation is 1. The number of benzene rings is 1. The molecule has 3 rings (SSSR count). The lowest BCUT2D eigenvalue weighted by Crippen LogP contribution is -2.42. The average molecular weight is 320 g/mol. The van der Waals surface area contributed by atoms with Crippen molar-refractivity contribution in [2.75, 3.05) is 4.90 Å². The number of anilines is 1. The first-order valence-electron chi connectivity index (χ1n) is 6.85. The Kier molecular flexibility index (Phi) is 3.78. The van der Waals surface area contributed by atoms with Gasteiger partial charge in [0.15, 0.2) is 13.0 Å². The van der Waals surface area contributed by atoms with Crippen molar-refractivity contribution in [2.45, 2.75) is 19.0 Å². The Bertz CT molecular complexity index is 739. The minimum atomic E-state index is -0.762. The van der Waals surface area contributed by atoms with Crippen molar-refractivity contribution in [3.05, 3.63) is 35.8 Å². The van der Waals surface area contributed by atoms with Crippen LogP contribution in [0.2, 0.25) is 0 Å². The number of nitrogens with one attached hydrogen (secondary N) is 1. The lowest BCUT2D eigenvalue weighted by atomic mass is 10.2. The summed E-state index contributed by atoms with van der Waals surface area (Å²) in [6, 6.07) is 4.32. The van der Waals surface area contributed by atoms with E-state index in [9.17, 15) is 19.1 Å². The second-order valence-corrected chi connectivity index (χ2v) is 5.11. The Morgan fingerprint density at radius 2 is 2.13 bits per heavy atom. The molecule has 0 bridgehead atoms. The monoisotopic (exact) mass is 320 g/mol. The zero-order valence-electron chi connectivity index (χ0n) is 12.2. The second-order valence-electron chi connectivity index (χ2n) is 5.11. The highest BCUT2D eigenvalue weighted by Gasteiger charge is 2.39. The molecule has 120 valence electrons. The van der Waals surface area contributed by atoms with E-state index >= 15 is 0 Å². The maximum atomic E-state index is 13.0. The Balaban J connectivity index is 1.72. The van der Waals surface area contributed by atoms with Crippen LogP contribution in [-0.4, -0.2) is 23.1 Å². The molecular weight excluding hydrogens is 307 g/mol. The molecule has 1 atom stereocenters. The summed E-state index contributed by atoms with van der Waals surface area (Å²) < 4.78 is 18.7. The summed E-state index contributed by atoms with van der Waals surface area (Å²) in [4.78, 5) is 25.4. The molecule has 0 spiro atoms. The Morgan fingerprint density at radius 1 is 1.43 bits per heavy atom. The SMILES string of the molecule is C[n+]1noc([O-])c1CNC1CC(=O)N(c2ccc(F)cc2)C1=O. The molecule has 1 aromatic carbocycles. The fraction of sp³-hybridized carbons (Fsp3) is 0.286. The summed E-state index contributed by atoms with van der Waals surface area (Å²) in [5.74, 6) is -1.90. The number of hydrogen-bond donors (Lipinski definition) is 1. The van der Waals surface area contributed by atoms with E-state index in [1.807, 2.05) is 0 Å². The van der Waals surface area contributed by atoms with E-state index in [0.29, 0.717) is 5.69 Å². The van der Waals surface area contributed by atoms with E-state index < -0.39 is 29.6 Å². The molecule has 8 nitrogen and oxygen atoms in total. The number of carbonyl (C=O) groups is 2. The van der Waals surface area contributed by atoms with Gasteiger partial charge in [-0.25, -0.2) is 9.29 Å². The molecule has 2 amide bonds. The quantitative estimate of drug-likeness (QED) is 0.580. The lowest BCUT2D eigenvalue weighted by molar-refractivity contribution is -0.746. The average Bonchev–Trinajstić information content (AvgIpc) is 2.98. The summed E-state index contributed by atoms with van der Waals surface area (Å²) in [6.45, 7) is 0.0414. The fourth-order valence-electron chi connectivity index (χ4n) is 2.39. The number of hydrogen-bond acceptors (Lipinski definition) is 6. The minimum Gasteiger partial charge on any atom is -0.539 e. The number of rotatable bonds is 4. The predicted octanol–water partition coefficient (Wildman–Crippen LogP) is -0.866. The van der Waals surface area contributed by atoms with Gasteiger partial charge in [0.2, 0.25) is 11.6 Å². The van der Waals surface area contributed by atoms with Crippen molar-refractivity contribution >= 4 is 17.5 Å². The van der Waals surface area contributed by atoms with Crippen LogP contribution >= 0.6 is 0 Å². The molecule has 23 heavy (non-hydrogen) atoms. The number of aromatic nitrogens is 2. The third kappa shape index (κ3) is 2.78. The Morgan fingerprint density at radius 3 is 2.74 bits per heavy atom. The van der Waals surface area contributed by atoms with Crippen LogP contribution in [0.5, 0.6) is 5.95 Å². The topological polar surface area (TPSA) is 102 Å². The molecular formula is C14H13FN4O4. The van der Waals surface area contributed by atoms with Gasteiger partial charge in [-0.2, -0.15) is 0 Å². The van der Waals surface area contributed by atoms with Crippen LogP contribution in [0.25, 0.3) is 0 Å². The van der Waals surface area contributed by atoms with E-state index in [4.69, 9.17) is 0 Å². The standard InChI is InChI=1S/C14H13FN4O4/c1-18-11(14(22)23-17-18)7-16-10-6-12(20)19(13(10)21)9-4-2-8(15)3-5-9/h2-5,10,16H,6-7H2,1H3. The van der Waals surface area contributed by atoms with E-state index in [1.54, 1.807) is 0 Å². The van der Waals surface area contributed by atoms with Crippen molar-refractivity contribution in [1.29, 1.82) is 0 Å². The Hall–Kier alpha value is -2.81. The molecule has 2 aromatic rings. The number of halogens is 1. The first kappa shape index (κ1) is 15.1. The van der Waals surface area contributed by atoms with Crippen LogP contribution in [0.15, 0.2) is 28.8 Å². The molecule has 2 heterocycles. The van der Waals surface area contributed by atoms with Gasteiger partial charge in [0, 0.05) is 0 Å². The van der Waals surface area contributed by atoms with Gasteiger partial charge >= 0.3 is 0 Å². The van der Waals surface area contributed by atoms with E-state index in [1.165, 1.54) is 36.0 Å². The molecule has 1 aromatic heterocycles. The third-order valence-electron chi connectivity index (χ3n) is 3.62. The van der Waals surface area contributed by atoms with E-state index in [2.05, 4.69) is 15.1 Å². The second kappa shape index (κ2) is 5.76. The van der Waals surface area contributed by atoms with Crippen molar-refractivity contribution < 1.29 is 28.3 Å². The van der Waals surface area contributed by atoms with Gasteiger partial charge in [0.25, 0.3) is 5.91 Å². The van der Waals surface area contributed by atoms with Crippen molar-refractivity contribution in [1.82, 2.24) is 10.6 Å². The molecule has 1 saturated heterocycles. The zero-order chi connectivity index (χ0) is 16.6. The van der Waals surface area contributed by atoms with E-state index in [-0.39, 0.29) is 18.7 Å². The van der Waals surface area contributed by atoms with Crippen molar-refractivity contribution in [3.8, 4) is 5.95 Å². The van der Waals surface area contributed by atoms with Crippen LogP contribution in [0.4, 0.5) is 10.1 Å². The van der Waals surface area contributed by atoms with Crippen molar-refractivity contribution in [3.63, 3.8) is 0 Å². The Labute approximate surface area is 130 Å². The summed E-state index contributed by atoms with van der Waals surface area (Å²) in [5, 5.41) is 17.7. The van der Waals surface area contributed by atoms with Gasteiger partial charge in [-0.3, -0.25) is 14.9 Å². The molecule has 0 radical (unpaired) electrons. The van der Waals surface area contributed by atoms with Crippen molar-refractivity contribution in [2.24, 2.45) is 7.05 Å². The van der Waals surface area contributed by atoms with Crippen LogP contribution in [0.3, 0.4) is 0 Å². The highest BCUT2D eigenvalue weighted by atomic mass is 19.1. The van der Waals surface area contributed by atoms with Gasteiger partial charge < -0.3 is 9.63 Å². The third-order valence-corrected chi connectivity index (χ3v) is 3.62. The van der Waals surface area contributed by atoms with Gasteiger partial charge in [-0.15, -0.1) is 0 Å². The normalized spacial score (nSPS) is 18.0. The minimum absolute atomic E-state index is 0.0414. The molecule has 1 N–H and O–H groups in total. The molecule has 1 aliphatic heterocycles. The summed E-state index contributed by atoms with van der Waals surface area (Å²) in [6.07, 6.45) is -0.0423. The first-order chi connectivity index (χ1) is 11.0. The molecule has 0 saturated carbocycles. The maximum absolute atomic E-state index is 13.0. The number of nitrogens with zero attached hydrogens (tertiary/aromatic N) is 3. The van der Waals surface area contributed by atoms with Gasteiger partial charge in [0.1, 0.15) is 5.82 Å². The number of imide groups is 1. The molecule has 9 heteroatoms. The molecule has 1 fully saturated rings. The van der Waals surface area contributed by atoms with Gasteiger partial charge in [0.05, 0.1) is 30.0 Å². The van der Waals surface area contributed by atoms with E-state index in [0.717, 1.165) is 4.90 Å². The highest BCUT2D eigenvalue weighted by molar-refractivity contribution is 6.22. The van der Waals surface area contributed by atoms with Crippen LogP contribution in [0.1, 0.15) is 12.1 Å². The maximum Gasteiger partial charge on any atom is 0.251 e. The summed E-state index contributed by atoms with van der Waals surface area (Å²) in [5.41, 5.74) is 0.552. The van der Waals surface area contributed by atoms with Crippen LogP contribution < -0.4 is 20.0 Å². The summed E-state index contributed by atoms with van der Waals surface area (Å²) in [7, 11) is 1.54. The van der Waals surface area contributed by atoms with Gasteiger partial charge in [-0.1, -0.05) is 4.68 Å². The zero-order valence-corrected chi connectivity index (χ0v) is 12.2. The first-order valence-corrected chi connectivity index (χ1v) is 6.85. The van der Waals surface area contributed by atoms with Crippen LogP contribution in [-0.2, 0) is 23.2 Å². The highest BCUT2D eigenvalue weighted by Crippen LogP contribution is 2.23. The lowest BCUT2D eigenvalue weighted by Gasteiger charge is -2.15. The van der Waals surface area contributed by atoms with Crippen LogP contribution in [0, 0.1) is 5.82 Å². The number of amides is 2. The van der Waals surface area contributed by atoms with Gasteiger partial charge in [-0.05, 0) is 24.3 Å².